The maximum absolute atomic E-state index is 12.9. The molecule has 2 aromatic rings. The topological polar surface area (TPSA) is 71.5 Å². The molecule has 1 fully saturated rings. The summed E-state index contributed by atoms with van der Waals surface area (Å²) in [6.45, 7) is 2.95. The molecule has 1 aliphatic rings. The fourth-order valence-corrected chi connectivity index (χ4v) is 3.45. The van der Waals surface area contributed by atoms with E-state index in [0.717, 1.165) is 31.5 Å². The highest BCUT2D eigenvalue weighted by Gasteiger charge is 2.26. The van der Waals surface area contributed by atoms with Crippen LogP contribution in [0.25, 0.3) is 0 Å². The first-order chi connectivity index (χ1) is 13.1. The van der Waals surface area contributed by atoms with Crippen LogP contribution < -0.4 is 5.32 Å². The number of aromatic nitrogens is 1. The lowest BCUT2D eigenvalue weighted by Crippen LogP contribution is -2.43. The zero-order valence-corrected chi connectivity index (χ0v) is 15.8. The fourth-order valence-electron chi connectivity index (χ4n) is 3.45. The van der Waals surface area contributed by atoms with E-state index < -0.39 is 0 Å². The molecule has 1 saturated heterocycles. The Kier molecular flexibility index (Phi) is 6.06. The van der Waals surface area contributed by atoms with Crippen LogP contribution in [-0.2, 0) is 4.74 Å². The Morgan fingerprint density at radius 2 is 1.96 bits per heavy atom. The van der Waals surface area contributed by atoms with Crippen molar-refractivity contribution in [3.8, 4) is 0 Å². The number of amides is 1. The molecular formula is C21H25N3O3. The Morgan fingerprint density at radius 3 is 2.67 bits per heavy atom. The Morgan fingerprint density at radius 1 is 1.19 bits per heavy atom. The van der Waals surface area contributed by atoms with Crippen LogP contribution in [-0.4, -0.2) is 41.5 Å². The third-order valence-corrected chi connectivity index (χ3v) is 4.94. The molecule has 1 aromatic heterocycles. The minimum absolute atomic E-state index is 0.0630. The van der Waals surface area contributed by atoms with Crippen LogP contribution in [0.4, 0.5) is 11.5 Å². The monoisotopic (exact) mass is 367 g/mol. The van der Waals surface area contributed by atoms with Crippen LogP contribution in [0.15, 0.2) is 42.6 Å². The van der Waals surface area contributed by atoms with Crippen molar-refractivity contribution in [2.75, 3.05) is 19.0 Å². The molecule has 142 valence electrons. The average molecular weight is 367 g/mol. The van der Waals surface area contributed by atoms with E-state index in [1.54, 1.807) is 42.6 Å². The van der Waals surface area contributed by atoms with Gasteiger partial charge in [0.25, 0.3) is 5.91 Å². The van der Waals surface area contributed by atoms with Crippen molar-refractivity contribution in [2.24, 2.45) is 0 Å². The van der Waals surface area contributed by atoms with Crippen molar-refractivity contribution in [1.29, 1.82) is 0 Å². The number of piperidine rings is 1. The van der Waals surface area contributed by atoms with Gasteiger partial charge in [0.2, 0.25) is 0 Å². The van der Waals surface area contributed by atoms with E-state index in [1.807, 2.05) is 4.90 Å². The van der Waals surface area contributed by atoms with Crippen molar-refractivity contribution in [1.82, 2.24) is 9.88 Å². The number of anilines is 2. The second-order valence-corrected chi connectivity index (χ2v) is 6.68. The molecule has 0 radical (unpaired) electrons. The van der Waals surface area contributed by atoms with E-state index in [0.29, 0.717) is 23.0 Å². The quantitative estimate of drug-likeness (QED) is 0.808. The Hall–Kier alpha value is -2.89. The number of nitrogens with zero attached hydrogens (tertiary/aromatic N) is 2. The standard InChI is InChI=1S/C21H25N3O3/c1-3-18-6-4-5-13-24(18)20(25)16-11-12-22-19(14-16)23-17-9-7-15(8-10-17)21(26)27-2/h7-12,14,18H,3-6,13H2,1-2H3,(H,22,23). The summed E-state index contributed by atoms with van der Waals surface area (Å²) in [5.74, 6) is 0.282. The number of pyridine rings is 1. The number of rotatable bonds is 5. The van der Waals surface area contributed by atoms with Gasteiger partial charge in [-0.25, -0.2) is 9.78 Å². The van der Waals surface area contributed by atoms with E-state index in [4.69, 9.17) is 4.74 Å². The van der Waals surface area contributed by atoms with E-state index >= 15 is 0 Å². The molecular weight excluding hydrogens is 342 g/mol. The summed E-state index contributed by atoms with van der Waals surface area (Å²) in [6, 6.07) is 10.8. The second-order valence-electron chi connectivity index (χ2n) is 6.68. The number of ether oxygens (including phenoxy) is 1. The van der Waals surface area contributed by atoms with E-state index in [2.05, 4.69) is 17.2 Å². The number of hydrogen-bond acceptors (Lipinski definition) is 5. The summed E-state index contributed by atoms with van der Waals surface area (Å²) < 4.78 is 4.70. The number of carbonyl (C=O) groups excluding carboxylic acids is 2. The van der Waals surface area contributed by atoms with Gasteiger partial charge in [0.05, 0.1) is 12.7 Å². The van der Waals surface area contributed by atoms with Gasteiger partial charge in [-0.05, 0) is 62.1 Å². The van der Waals surface area contributed by atoms with Gasteiger partial charge in [0.1, 0.15) is 5.82 Å². The van der Waals surface area contributed by atoms with Gasteiger partial charge in [-0.1, -0.05) is 6.92 Å². The van der Waals surface area contributed by atoms with Crippen LogP contribution in [0.5, 0.6) is 0 Å². The average Bonchev–Trinajstić information content (AvgIpc) is 2.73. The lowest BCUT2D eigenvalue weighted by Gasteiger charge is -2.35. The van der Waals surface area contributed by atoms with Gasteiger partial charge in [0, 0.05) is 30.0 Å². The SMILES string of the molecule is CCC1CCCCN1C(=O)c1ccnc(Nc2ccc(C(=O)OC)cc2)c1. The molecule has 0 bridgehead atoms. The lowest BCUT2D eigenvalue weighted by atomic mass is 9.99. The minimum Gasteiger partial charge on any atom is -0.465 e. The summed E-state index contributed by atoms with van der Waals surface area (Å²) in [5.41, 5.74) is 1.90. The van der Waals surface area contributed by atoms with E-state index in [1.165, 1.54) is 13.5 Å². The summed E-state index contributed by atoms with van der Waals surface area (Å²) in [4.78, 5) is 30.7. The first kappa shape index (κ1) is 18.9. The zero-order valence-electron chi connectivity index (χ0n) is 15.8. The molecule has 0 aliphatic carbocycles. The van der Waals surface area contributed by atoms with E-state index in [-0.39, 0.29) is 11.9 Å². The molecule has 1 unspecified atom stereocenters. The molecule has 0 spiro atoms. The smallest absolute Gasteiger partial charge is 0.337 e. The van der Waals surface area contributed by atoms with Crippen LogP contribution in [0.2, 0.25) is 0 Å². The molecule has 1 amide bonds. The Bertz CT molecular complexity index is 805. The number of nitrogens with one attached hydrogen (secondary N) is 1. The summed E-state index contributed by atoms with van der Waals surface area (Å²) in [5, 5.41) is 3.18. The van der Waals surface area contributed by atoms with Crippen LogP contribution >= 0.6 is 0 Å². The fraction of sp³-hybridized carbons (Fsp3) is 0.381. The van der Waals surface area contributed by atoms with Crippen molar-refractivity contribution in [2.45, 2.75) is 38.6 Å². The van der Waals surface area contributed by atoms with Gasteiger partial charge < -0.3 is 15.0 Å². The normalized spacial score (nSPS) is 16.7. The third-order valence-electron chi connectivity index (χ3n) is 4.94. The molecule has 27 heavy (non-hydrogen) atoms. The van der Waals surface area contributed by atoms with Crippen LogP contribution in [0.3, 0.4) is 0 Å². The van der Waals surface area contributed by atoms with Crippen molar-refractivity contribution >= 4 is 23.4 Å². The summed E-state index contributed by atoms with van der Waals surface area (Å²) in [7, 11) is 1.35. The Labute approximate surface area is 159 Å². The number of hydrogen-bond donors (Lipinski definition) is 1. The summed E-state index contributed by atoms with van der Waals surface area (Å²) >= 11 is 0. The molecule has 6 heteroatoms. The molecule has 3 rings (SSSR count). The third kappa shape index (κ3) is 4.45. The Balaban J connectivity index is 1.73. The predicted molar refractivity (Wildman–Crippen MR) is 104 cm³/mol. The van der Waals surface area contributed by atoms with Gasteiger partial charge in [-0.15, -0.1) is 0 Å². The van der Waals surface area contributed by atoms with Crippen molar-refractivity contribution < 1.29 is 14.3 Å². The largest absolute Gasteiger partial charge is 0.465 e. The number of likely N-dealkylation sites (tertiary alicyclic amines) is 1. The highest BCUT2D eigenvalue weighted by Crippen LogP contribution is 2.23. The molecule has 1 atom stereocenters. The maximum Gasteiger partial charge on any atom is 0.337 e. The molecule has 1 N–H and O–H groups in total. The first-order valence-corrected chi connectivity index (χ1v) is 9.34. The van der Waals surface area contributed by atoms with Gasteiger partial charge in [-0.2, -0.15) is 0 Å². The number of methoxy groups -OCH3 is 1. The number of benzene rings is 1. The van der Waals surface area contributed by atoms with E-state index in [9.17, 15) is 9.59 Å². The number of carbonyl (C=O) groups is 2. The maximum atomic E-state index is 12.9. The molecule has 1 aliphatic heterocycles. The molecule has 6 nitrogen and oxygen atoms in total. The zero-order chi connectivity index (χ0) is 19.2. The van der Waals surface area contributed by atoms with Crippen LogP contribution in [0, 0.1) is 0 Å². The minimum atomic E-state index is -0.376. The van der Waals surface area contributed by atoms with Gasteiger partial charge in [-0.3, -0.25) is 4.79 Å². The molecule has 2 heterocycles. The lowest BCUT2D eigenvalue weighted by molar-refractivity contribution is 0.0595. The van der Waals surface area contributed by atoms with Crippen molar-refractivity contribution in [3.05, 3.63) is 53.7 Å². The van der Waals surface area contributed by atoms with Crippen LogP contribution in [0.1, 0.15) is 53.3 Å². The highest BCUT2D eigenvalue weighted by molar-refractivity contribution is 5.95. The van der Waals surface area contributed by atoms with Crippen molar-refractivity contribution in [3.63, 3.8) is 0 Å². The summed E-state index contributed by atoms with van der Waals surface area (Å²) in [6.07, 6.45) is 5.95. The number of esters is 1. The second kappa shape index (κ2) is 8.66. The molecule has 0 saturated carbocycles. The predicted octanol–water partition coefficient (Wildman–Crippen LogP) is 4.02. The molecule has 1 aromatic carbocycles. The van der Waals surface area contributed by atoms with Gasteiger partial charge >= 0.3 is 5.97 Å². The highest BCUT2D eigenvalue weighted by atomic mass is 16.5. The first-order valence-electron chi connectivity index (χ1n) is 9.34. The van der Waals surface area contributed by atoms with Gasteiger partial charge in [0.15, 0.2) is 0 Å².